The van der Waals surface area contributed by atoms with Gasteiger partial charge in [0, 0.05) is 28.2 Å². The molecule has 1 N–H and O–H groups in total. The first kappa shape index (κ1) is 17.8. The molecule has 0 bridgehead atoms. The van der Waals surface area contributed by atoms with Crippen LogP contribution in [-0.4, -0.2) is 10.5 Å². The average Bonchev–Trinajstić information content (AvgIpc) is 3.13. The number of carbonyl (C=O) groups excluding carboxylic acids is 1. The van der Waals surface area contributed by atoms with Crippen LogP contribution in [0, 0.1) is 0 Å². The first-order chi connectivity index (χ1) is 13.1. The molecule has 6 heteroatoms. The van der Waals surface area contributed by atoms with Crippen molar-refractivity contribution in [2.45, 2.75) is 20.0 Å². The largest absolute Gasteiger partial charge is 0.347 e. The molecule has 2 heterocycles. The molecule has 0 spiro atoms. The Kier molecular flexibility index (Phi) is 4.72. The number of nitrogens with one attached hydrogen (secondary N) is 1. The van der Waals surface area contributed by atoms with Gasteiger partial charge in [-0.2, -0.15) is 0 Å². The highest BCUT2D eigenvalue weighted by atomic mass is 35.5. The van der Waals surface area contributed by atoms with Gasteiger partial charge in [-0.25, -0.2) is 0 Å². The van der Waals surface area contributed by atoms with Gasteiger partial charge in [-0.1, -0.05) is 41.9 Å². The van der Waals surface area contributed by atoms with E-state index in [1.165, 1.54) is 11.3 Å². The summed E-state index contributed by atoms with van der Waals surface area (Å²) in [5, 5.41) is 5.12. The number of aryl methyl sites for hydroxylation is 1. The van der Waals surface area contributed by atoms with Crippen LogP contribution in [0.1, 0.15) is 22.2 Å². The number of nitrogens with zero attached hydrogens (tertiary/aromatic N) is 1. The zero-order chi connectivity index (χ0) is 19.0. The Morgan fingerprint density at radius 1 is 1.11 bits per heavy atom. The summed E-state index contributed by atoms with van der Waals surface area (Å²) in [6, 6.07) is 16.9. The van der Waals surface area contributed by atoms with Crippen LogP contribution in [0.4, 0.5) is 0 Å². The minimum Gasteiger partial charge on any atom is -0.347 e. The summed E-state index contributed by atoms with van der Waals surface area (Å²) in [6.45, 7) is 2.92. The lowest BCUT2D eigenvalue weighted by Crippen LogP contribution is -2.22. The molecule has 0 radical (unpaired) electrons. The maximum absolute atomic E-state index is 12.8. The lowest BCUT2D eigenvalue weighted by atomic mass is 10.1. The third-order valence-electron chi connectivity index (χ3n) is 4.53. The molecule has 1 amide bonds. The Bertz CT molecular complexity index is 1230. The molecular formula is C21H17ClN2O2S. The Balaban J connectivity index is 1.73. The van der Waals surface area contributed by atoms with Crippen molar-refractivity contribution >= 4 is 49.8 Å². The zero-order valence-electron chi connectivity index (χ0n) is 14.7. The topological polar surface area (TPSA) is 51.1 Å². The summed E-state index contributed by atoms with van der Waals surface area (Å²) in [4.78, 5) is 26.0. The minimum absolute atomic E-state index is 0.0589. The molecule has 2 aromatic carbocycles. The SMILES string of the molecule is CCn1c(=O)c2cc(C(=O)NCc3cccc(Cl)c3)sc2c2ccccc21. The third kappa shape index (κ3) is 3.24. The average molecular weight is 397 g/mol. The van der Waals surface area contributed by atoms with Crippen LogP contribution in [0.15, 0.2) is 59.4 Å². The van der Waals surface area contributed by atoms with Gasteiger partial charge in [0.1, 0.15) is 0 Å². The van der Waals surface area contributed by atoms with Crippen LogP contribution < -0.4 is 10.9 Å². The molecule has 4 nitrogen and oxygen atoms in total. The second-order valence-corrected chi connectivity index (χ2v) is 7.72. The summed E-state index contributed by atoms with van der Waals surface area (Å²) in [5.74, 6) is -0.192. The number of hydrogen-bond acceptors (Lipinski definition) is 3. The highest BCUT2D eigenvalue weighted by Gasteiger charge is 2.16. The van der Waals surface area contributed by atoms with Gasteiger partial charge in [0.05, 0.1) is 15.8 Å². The molecule has 0 saturated heterocycles. The van der Waals surface area contributed by atoms with Crippen molar-refractivity contribution in [3.8, 4) is 0 Å². The Hall–Kier alpha value is -2.63. The predicted octanol–water partition coefficient (Wildman–Crippen LogP) is 4.82. The molecule has 136 valence electrons. The molecule has 0 saturated carbocycles. The number of rotatable bonds is 4. The van der Waals surface area contributed by atoms with E-state index in [9.17, 15) is 9.59 Å². The monoisotopic (exact) mass is 396 g/mol. The molecule has 0 aliphatic carbocycles. The fraction of sp³-hybridized carbons (Fsp3) is 0.143. The first-order valence-electron chi connectivity index (χ1n) is 8.66. The number of amides is 1. The highest BCUT2D eigenvalue weighted by Crippen LogP contribution is 2.30. The van der Waals surface area contributed by atoms with Crippen molar-refractivity contribution in [1.82, 2.24) is 9.88 Å². The number of fused-ring (bicyclic) bond motifs is 3. The highest BCUT2D eigenvalue weighted by molar-refractivity contribution is 7.21. The summed E-state index contributed by atoms with van der Waals surface area (Å²) in [7, 11) is 0. The van der Waals surface area contributed by atoms with Gasteiger partial charge in [0.25, 0.3) is 11.5 Å². The summed E-state index contributed by atoms with van der Waals surface area (Å²) in [5.41, 5.74) is 1.76. The molecule has 0 unspecified atom stereocenters. The fourth-order valence-corrected chi connectivity index (χ4v) is 4.56. The van der Waals surface area contributed by atoms with E-state index >= 15 is 0 Å². The van der Waals surface area contributed by atoms with Gasteiger partial charge < -0.3 is 9.88 Å². The molecule has 0 aliphatic heterocycles. The second-order valence-electron chi connectivity index (χ2n) is 6.23. The van der Waals surface area contributed by atoms with Gasteiger partial charge in [-0.15, -0.1) is 11.3 Å². The van der Waals surface area contributed by atoms with Gasteiger partial charge in [-0.3, -0.25) is 9.59 Å². The van der Waals surface area contributed by atoms with Crippen molar-refractivity contribution in [1.29, 1.82) is 0 Å². The molecule has 4 aromatic rings. The summed E-state index contributed by atoms with van der Waals surface area (Å²) < 4.78 is 2.60. The number of benzene rings is 2. The summed E-state index contributed by atoms with van der Waals surface area (Å²) in [6.07, 6.45) is 0. The van der Waals surface area contributed by atoms with E-state index < -0.39 is 0 Å². The standard InChI is InChI=1S/C21H17ClN2O2S/c1-2-24-17-9-4-3-8-15(17)19-16(21(24)26)11-18(27-19)20(25)23-12-13-6-5-7-14(22)10-13/h3-11H,2,12H2,1H3,(H,23,25). The van der Waals surface area contributed by atoms with Crippen molar-refractivity contribution < 1.29 is 4.79 Å². The molecule has 0 aliphatic rings. The van der Waals surface area contributed by atoms with Crippen LogP contribution in [0.25, 0.3) is 21.0 Å². The minimum atomic E-state index is -0.192. The molecular weight excluding hydrogens is 380 g/mol. The zero-order valence-corrected chi connectivity index (χ0v) is 16.2. The van der Waals surface area contributed by atoms with Crippen LogP contribution in [0.2, 0.25) is 5.02 Å². The van der Waals surface area contributed by atoms with E-state index in [4.69, 9.17) is 11.6 Å². The van der Waals surface area contributed by atoms with E-state index in [1.807, 2.05) is 49.4 Å². The number of aromatic nitrogens is 1. The molecule has 0 fully saturated rings. The maximum Gasteiger partial charge on any atom is 0.261 e. The van der Waals surface area contributed by atoms with Crippen molar-refractivity contribution in [3.63, 3.8) is 0 Å². The van der Waals surface area contributed by atoms with E-state index in [0.717, 1.165) is 21.2 Å². The van der Waals surface area contributed by atoms with Crippen molar-refractivity contribution in [3.05, 3.63) is 80.4 Å². The second kappa shape index (κ2) is 7.18. The quantitative estimate of drug-likeness (QED) is 0.537. The van der Waals surface area contributed by atoms with Crippen LogP contribution in [0.3, 0.4) is 0 Å². The molecule has 4 rings (SSSR count). The Labute approximate surface area is 165 Å². The van der Waals surface area contributed by atoms with Crippen LogP contribution in [-0.2, 0) is 13.1 Å². The molecule has 27 heavy (non-hydrogen) atoms. The van der Waals surface area contributed by atoms with Crippen molar-refractivity contribution in [2.75, 3.05) is 0 Å². The number of halogens is 1. The number of para-hydroxylation sites is 1. The van der Waals surface area contributed by atoms with Crippen LogP contribution >= 0.6 is 22.9 Å². The van der Waals surface area contributed by atoms with Gasteiger partial charge in [0.15, 0.2) is 0 Å². The fourth-order valence-electron chi connectivity index (χ4n) is 3.25. The normalized spacial score (nSPS) is 11.2. The van der Waals surface area contributed by atoms with Gasteiger partial charge in [-0.05, 0) is 36.8 Å². The number of thiophene rings is 1. The third-order valence-corrected chi connectivity index (χ3v) is 5.93. The lowest BCUT2D eigenvalue weighted by Gasteiger charge is -2.08. The number of hydrogen-bond donors (Lipinski definition) is 1. The van der Waals surface area contributed by atoms with Gasteiger partial charge in [0.2, 0.25) is 0 Å². The predicted molar refractivity (Wildman–Crippen MR) is 112 cm³/mol. The summed E-state index contributed by atoms with van der Waals surface area (Å²) >= 11 is 7.34. The molecule has 0 atom stereocenters. The van der Waals surface area contributed by atoms with Gasteiger partial charge >= 0.3 is 0 Å². The number of pyridine rings is 1. The van der Waals surface area contributed by atoms with E-state index in [0.29, 0.717) is 28.4 Å². The van der Waals surface area contributed by atoms with E-state index in [-0.39, 0.29) is 11.5 Å². The van der Waals surface area contributed by atoms with E-state index in [2.05, 4.69) is 5.32 Å². The lowest BCUT2D eigenvalue weighted by molar-refractivity contribution is 0.0955. The Morgan fingerprint density at radius 3 is 2.70 bits per heavy atom. The van der Waals surface area contributed by atoms with E-state index in [1.54, 1.807) is 16.7 Å². The Morgan fingerprint density at radius 2 is 1.93 bits per heavy atom. The number of carbonyl (C=O) groups is 1. The maximum atomic E-state index is 12.8. The first-order valence-corrected chi connectivity index (χ1v) is 9.85. The smallest absolute Gasteiger partial charge is 0.261 e. The van der Waals surface area contributed by atoms with Crippen LogP contribution in [0.5, 0.6) is 0 Å². The van der Waals surface area contributed by atoms with Crippen molar-refractivity contribution in [2.24, 2.45) is 0 Å². The molecule has 2 aromatic heterocycles.